The zero-order chi connectivity index (χ0) is 4.83. The van der Waals surface area contributed by atoms with Crippen LogP contribution >= 0.6 is 62.7 Å². The molecule has 0 aromatic carbocycles. The van der Waals surface area contributed by atoms with E-state index in [1.165, 1.54) is 3.77 Å². The fourth-order valence-electron chi connectivity index (χ4n) is 0.153. The fourth-order valence-corrected chi connectivity index (χ4v) is 1.33. The monoisotopic (exact) mass is 450 g/mol. The number of halogens is 3. The molecule has 0 spiro atoms. The molecule has 0 aliphatic rings. The molecule has 0 saturated heterocycles. The molecule has 0 rings (SSSR count). The van der Waals surface area contributed by atoms with Gasteiger partial charge in [-0.05, 0) is 0 Å². The Labute approximate surface area is 106 Å². The summed E-state index contributed by atoms with van der Waals surface area (Å²) in [7, 11) is 1.97. The van der Waals surface area contributed by atoms with Gasteiger partial charge in [-0.1, -0.05) is 0 Å². The van der Waals surface area contributed by atoms with E-state index < -0.39 is 0 Å². The van der Waals surface area contributed by atoms with Crippen LogP contribution in [-0.2, 0) is 0 Å². The molecule has 0 aliphatic heterocycles. The van der Waals surface area contributed by atoms with Gasteiger partial charge in [0.05, 0.1) is 0 Å². The van der Waals surface area contributed by atoms with E-state index >= 15 is 0 Å². The van der Waals surface area contributed by atoms with Crippen LogP contribution < -0.4 is 5.32 Å². The van der Waals surface area contributed by atoms with Crippen molar-refractivity contribution in [2.45, 2.75) is 0 Å². The molecule has 0 amide bonds. The van der Waals surface area contributed by atoms with E-state index in [4.69, 9.17) is 0 Å². The number of nitrogens with one attached hydrogen (secondary N) is 1. The quantitative estimate of drug-likeness (QED) is 0.399. The molecule has 0 saturated carbocycles. The normalized spacial score (nSPS) is 6.00. The minimum absolute atomic E-state index is 0. The molecule has 0 aliphatic carbocycles. The van der Waals surface area contributed by atoms with Gasteiger partial charge in [0.1, 0.15) is 0 Å². The van der Waals surface area contributed by atoms with Gasteiger partial charge in [-0.25, -0.2) is 0 Å². The SMILES string of the molecule is Br.Br.Br.CNCS[CH2][Sn]. The third-order valence-electron chi connectivity index (χ3n) is 0.348. The standard InChI is InChI=1S/C3H8NS.3BrH.Sn/c1-4-3-5-2;;;;/h4H,2-3H2,1H3;3*1H;. The van der Waals surface area contributed by atoms with Crippen LogP contribution in [0, 0.1) is 0 Å². The predicted molar refractivity (Wildman–Crippen MR) is 63.1 cm³/mol. The molecule has 0 aromatic heterocycles. The number of hydrogen-bond acceptors (Lipinski definition) is 2. The number of hydrogen-bond donors (Lipinski definition) is 1. The molecule has 6 heteroatoms. The average molecular weight is 452 g/mol. The van der Waals surface area contributed by atoms with E-state index in [-0.39, 0.29) is 50.9 Å². The van der Waals surface area contributed by atoms with Gasteiger partial charge in [-0.2, -0.15) is 0 Å². The van der Waals surface area contributed by atoms with Crippen molar-refractivity contribution in [3.05, 3.63) is 0 Å². The van der Waals surface area contributed by atoms with Crippen LogP contribution in [0.1, 0.15) is 0 Å². The first kappa shape index (κ1) is 22.6. The van der Waals surface area contributed by atoms with Gasteiger partial charge in [-0.15, -0.1) is 50.9 Å². The van der Waals surface area contributed by atoms with E-state index in [1.54, 1.807) is 22.5 Å². The summed E-state index contributed by atoms with van der Waals surface area (Å²) in [6, 6.07) is 0. The molecule has 0 aromatic rings. The topological polar surface area (TPSA) is 12.0 Å². The number of rotatable bonds is 3. The molecule has 59 valence electrons. The van der Waals surface area contributed by atoms with Gasteiger partial charge in [0.25, 0.3) is 0 Å². The van der Waals surface area contributed by atoms with Crippen molar-refractivity contribution < 1.29 is 0 Å². The third kappa shape index (κ3) is 25.0. The summed E-state index contributed by atoms with van der Waals surface area (Å²) < 4.78 is 1.30. The van der Waals surface area contributed by atoms with Crippen LogP contribution in [0.15, 0.2) is 0 Å². The van der Waals surface area contributed by atoms with Gasteiger partial charge in [0, 0.05) is 0 Å². The molecule has 0 atom stereocenters. The van der Waals surface area contributed by atoms with E-state index in [2.05, 4.69) is 5.32 Å². The Balaban J connectivity index is -0.0000000417. The summed E-state index contributed by atoms with van der Waals surface area (Å²) >= 11 is 3.55. The van der Waals surface area contributed by atoms with Crippen molar-refractivity contribution >= 4 is 85.2 Å². The van der Waals surface area contributed by atoms with Crippen LogP contribution in [0.2, 0.25) is 0 Å². The molecule has 0 bridgehead atoms. The first-order valence-corrected chi connectivity index (χ1v) is 4.96. The molecule has 0 unspecified atom stereocenters. The van der Waals surface area contributed by atoms with Gasteiger partial charge in [0.2, 0.25) is 0 Å². The second-order valence-corrected chi connectivity index (χ2v) is 4.30. The van der Waals surface area contributed by atoms with Crippen molar-refractivity contribution in [1.82, 2.24) is 5.32 Å². The predicted octanol–water partition coefficient (Wildman–Crippen LogP) is 1.76. The molecule has 9 heavy (non-hydrogen) atoms. The molecule has 0 heterocycles. The Bertz CT molecular complexity index is 31.0. The molecular formula is C3H11Br3NSSn. The van der Waals surface area contributed by atoms with Crippen LogP contribution in [0.3, 0.4) is 0 Å². The van der Waals surface area contributed by atoms with Crippen molar-refractivity contribution in [1.29, 1.82) is 0 Å². The second kappa shape index (κ2) is 22.4. The van der Waals surface area contributed by atoms with E-state index in [0.717, 1.165) is 5.88 Å². The summed E-state index contributed by atoms with van der Waals surface area (Å²) in [6.45, 7) is 0. The van der Waals surface area contributed by atoms with Crippen molar-refractivity contribution in [3.63, 3.8) is 0 Å². The maximum atomic E-state index is 3.05. The van der Waals surface area contributed by atoms with Gasteiger partial charge in [-0.3, -0.25) is 0 Å². The first-order valence-electron chi connectivity index (χ1n) is 1.78. The average Bonchev–Trinajstić information content (AvgIpc) is 1.61. The summed E-state index contributed by atoms with van der Waals surface area (Å²) in [5.41, 5.74) is 0. The minimum atomic E-state index is 0. The Morgan fingerprint density at radius 3 is 1.89 bits per heavy atom. The van der Waals surface area contributed by atoms with Crippen molar-refractivity contribution in [3.8, 4) is 0 Å². The first-order chi connectivity index (χ1) is 2.91. The van der Waals surface area contributed by atoms with Gasteiger partial charge < -0.3 is 0 Å². The van der Waals surface area contributed by atoms with E-state index in [0.29, 0.717) is 0 Å². The van der Waals surface area contributed by atoms with Crippen LogP contribution in [0.25, 0.3) is 0 Å². The summed E-state index contributed by atoms with van der Waals surface area (Å²) in [5.74, 6) is 1.10. The van der Waals surface area contributed by atoms with Crippen molar-refractivity contribution in [2.75, 3.05) is 16.7 Å². The molecule has 1 N–H and O–H groups in total. The van der Waals surface area contributed by atoms with E-state index in [9.17, 15) is 0 Å². The molecule has 1 nitrogen and oxygen atoms in total. The fraction of sp³-hybridized carbons (Fsp3) is 1.00. The maximum absolute atomic E-state index is 3.05. The Hall–Kier alpha value is 2.55. The van der Waals surface area contributed by atoms with E-state index in [1.807, 2.05) is 18.8 Å². The molecule has 3 radical (unpaired) electrons. The van der Waals surface area contributed by atoms with Crippen molar-refractivity contribution in [2.24, 2.45) is 0 Å². The summed E-state index contributed by atoms with van der Waals surface area (Å²) in [6.07, 6.45) is 0. The second-order valence-electron chi connectivity index (χ2n) is 0.846. The number of thioether (sulfide) groups is 1. The molecular weight excluding hydrogens is 441 g/mol. The molecule has 0 fully saturated rings. The van der Waals surface area contributed by atoms with Crippen LogP contribution in [-0.4, -0.2) is 39.2 Å². The summed E-state index contributed by atoms with van der Waals surface area (Å²) in [5, 5.41) is 3.05. The van der Waals surface area contributed by atoms with Crippen LogP contribution in [0.4, 0.5) is 0 Å². The van der Waals surface area contributed by atoms with Gasteiger partial charge in [0.15, 0.2) is 0 Å². The Kier molecular flexibility index (Phi) is 56.2. The Morgan fingerprint density at radius 2 is 1.78 bits per heavy atom. The third-order valence-corrected chi connectivity index (χ3v) is 2.79. The van der Waals surface area contributed by atoms with Crippen LogP contribution in [0.5, 0.6) is 0 Å². The Morgan fingerprint density at radius 1 is 1.33 bits per heavy atom. The zero-order valence-corrected chi connectivity index (χ0v) is 13.9. The van der Waals surface area contributed by atoms with Gasteiger partial charge >= 0.3 is 56.3 Å². The zero-order valence-electron chi connectivity index (χ0n) is 5.05. The summed E-state index contributed by atoms with van der Waals surface area (Å²) in [4.78, 5) is 0.